The van der Waals surface area contributed by atoms with Gasteiger partial charge in [0.15, 0.2) is 5.82 Å². The van der Waals surface area contributed by atoms with Crippen molar-refractivity contribution in [3.8, 4) is 5.82 Å². The van der Waals surface area contributed by atoms with Crippen LogP contribution in [0.4, 0.5) is 5.69 Å². The van der Waals surface area contributed by atoms with E-state index in [1.165, 1.54) is 6.33 Å². The van der Waals surface area contributed by atoms with Crippen molar-refractivity contribution in [3.05, 3.63) is 31.0 Å². The standard InChI is InChI=1S/C13H18N6O/c1-10(6-14)2-5-13(20)18-11-3-4-12(16-7-11)19-9-15-8-17-19/h3-4,7-10H,2,5-6,14H2,1H3,(H,18,20). The van der Waals surface area contributed by atoms with Gasteiger partial charge in [-0.1, -0.05) is 6.92 Å². The van der Waals surface area contributed by atoms with Crippen molar-refractivity contribution >= 4 is 11.6 Å². The van der Waals surface area contributed by atoms with Crippen LogP contribution in [-0.2, 0) is 4.79 Å². The molecule has 0 bridgehead atoms. The number of carbonyl (C=O) groups is 1. The Kier molecular flexibility index (Phi) is 4.78. The number of nitrogens with two attached hydrogens (primary N) is 1. The van der Waals surface area contributed by atoms with E-state index in [0.717, 1.165) is 6.42 Å². The second-order valence-electron chi connectivity index (χ2n) is 4.67. The summed E-state index contributed by atoms with van der Waals surface area (Å²) in [6.45, 7) is 2.63. The van der Waals surface area contributed by atoms with Crippen molar-refractivity contribution in [2.45, 2.75) is 19.8 Å². The quantitative estimate of drug-likeness (QED) is 0.818. The monoisotopic (exact) mass is 274 g/mol. The van der Waals surface area contributed by atoms with Gasteiger partial charge in [0.2, 0.25) is 5.91 Å². The van der Waals surface area contributed by atoms with Gasteiger partial charge < -0.3 is 11.1 Å². The number of pyridine rings is 1. The fourth-order valence-corrected chi connectivity index (χ4v) is 1.64. The smallest absolute Gasteiger partial charge is 0.224 e. The van der Waals surface area contributed by atoms with E-state index < -0.39 is 0 Å². The summed E-state index contributed by atoms with van der Waals surface area (Å²) in [5, 5.41) is 6.79. The molecule has 1 amide bonds. The van der Waals surface area contributed by atoms with Crippen LogP contribution < -0.4 is 11.1 Å². The average Bonchev–Trinajstić information content (AvgIpc) is 2.99. The third-order valence-corrected chi connectivity index (χ3v) is 2.95. The normalized spacial score (nSPS) is 12.1. The molecule has 2 aromatic heterocycles. The molecule has 0 aliphatic carbocycles. The molecule has 0 saturated carbocycles. The van der Waals surface area contributed by atoms with E-state index in [-0.39, 0.29) is 5.91 Å². The minimum absolute atomic E-state index is 0.0272. The van der Waals surface area contributed by atoms with Crippen LogP contribution >= 0.6 is 0 Å². The average molecular weight is 274 g/mol. The highest BCUT2D eigenvalue weighted by molar-refractivity contribution is 5.90. The number of aromatic nitrogens is 4. The van der Waals surface area contributed by atoms with Gasteiger partial charge in [-0.25, -0.2) is 14.6 Å². The lowest BCUT2D eigenvalue weighted by atomic mass is 10.1. The van der Waals surface area contributed by atoms with Gasteiger partial charge in [-0.2, -0.15) is 5.10 Å². The Morgan fingerprint density at radius 3 is 2.95 bits per heavy atom. The molecule has 0 aliphatic heterocycles. The predicted octanol–water partition coefficient (Wildman–Crippen LogP) is 0.976. The van der Waals surface area contributed by atoms with Crippen molar-refractivity contribution in [2.75, 3.05) is 11.9 Å². The molecule has 1 atom stereocenters. The molecule has 106 valence electrons. The molecule has 2 rings (SSSR count). The predicted molar refractivity (Wildman–Crippen MR) is 75.2 cm³/mol. The Morgan fingerprint density at radius 2 is 2.35 bits per heavy atom. The first-order valence-electron chi connectivity index (χ1n) is 6.50. The molecule has 0 aromatic carbocycles. The number of nitrogens with one attached hydrogen (secondary N) is 1. The van der Waals surface area contributed by atoms with E-state index in [4.69, 9.17) is 5.73 Å². The fourth-order valence-electron chi connectivity index (χ4n) is 1.64. The minimum Gasteiger partial charge on any atom is -0.330 e. The number of anilines is 1. The molecule has 0 fully saturated rings. The Hall–Kier alpha value is -2.28. The molecular formula is C13H18N6O. The van der Waals surface area contributed by atoms with Gasteiger partial charge in [-0.05, 0) is 31.0 Å². The summed E-state index contributed by atoms with van der Waals surface area (Å²) in [6.07, 6.45) is 5.85. The van der Waals surface area contributed by atoms with Crippen LogP contribution in [-0.4, -0.2) is 32.2 Å². The molecule has 3 N–H and O–H groups in total. The fraction of sp³-hybridized carbons (Fsp3) is 0.385. The second-order valence-corrected chi connectivity index (χ2v) is 4.67. The summed E-state index contributed by atoms with van der Waals surface area (Å²) >= 11 is 0. The van der Waals surface area contributed by atoms with E-state index in [1.807, 2.05) is 6.92 Å². The van der Waals surface area contributed by atoms with E-state index in [1.54, 1.807) is 29.3 Å². The SMILES string of the molecule is CC(CN)CCC(=O)Nc1ccc(-n2cncn2)nc1. The lowest BCUT2D eigenvalue weighted by molar-refractivity contribution is -0.116. The van der Waals surface area contributed by atoms with Gasteiger partial charge in [0.05, 0.1) is 11.9 Å². The van der Waals surface area contributed by atoms with E-state index in [9.17, 15) is 4.79 Å². The molecule has 2 heterocycles. The van der Waals surface area contributed by atoms with E-state index in [0.29, 0.717) is 30.4 Å². The summed E-state index contributed by atoms with van der Waals surface area (Å²) in [7, 11) is 0. The first-order chi connectivity index (χ1) is 9.69. The summed E-state index contributed by atoms with van der Waals surface area (Å²) in [5.74, 6) is 0.978. The lowest BCUT2D eigenvalue weighted by Gasteiger charge is -2.08. The maximum absolute atomic E-state index is 11.7. The van der Waals surface area contributed by atoms with Crippen molar-refractivity contribution in [3.63, 3.8) is 0 Å². The van der Waals surface area contributed by atoms with Crippen LogP contribution in [0.2, 0.25) is 0 Å². The summed E-state index contributed by atoms with van der Waals surface area (Å²) in [4.78, 5) is 19.8. The van der Waals surface area contributed by atoms with Crippen molar-refractivity contribution in [2.24, 2.45) is 11.7 Å². The zero-order valence-corrected chi connectivity index (χ0v) is 11.4. The molecule has 0 aliphatic rings. The summed E-state index contributed by atoms with van der Waals surface area (Å²) in [6, 6.07) is 3.56. The highest BCUT2D eigenvalue weighted by Crippen LogP contribution is 2.10. The number of carbonyl (C=O) groups excluding carboxylic acids is 1. The molecular weight excluding hydrogens is 256 g/mol. The minimum atomic E-state index is -0.0272. The third kappa shape index (κ3) is 3.86. The second kappa shape index (κ2) is 6.76. The molecule has 7 nitrogen and oxygen atoms in total. The Bertz CT molecular complexity index is 536. The van der Waals surface area contributed by atoms with Crippen LogP contribution in [0.1, 0.15) is 19.8 Å². The number of hydrogen-bond acceptors (Lipinski definition) is 5. The summed E-state index contributed by atoms with van der Waals surface area (Å²) < 4.78 is 1.55. The Morgan fingerprint density at radius 1 is 1.50 bits per heavy atom. The maximum atomic E-state index is 11.7. The van der Waals surface area contributed by atoms with Gasteiger partial charge >= 0.3 is 0 Å². The first-order valence-corrected chi connectivity index (χ1v) is 6.50. The number of nitrogens with zero attached hydrogens (tertiary/aromatic N) is 4. The Labute approximate surface area is 117 Å². The van der Waals surface area contributed by atoms with E-state index in [2.05, 4.69) is 20.4 Å². The highest BCUT2D eigenvalue weighted by atomic mass is 16.1. The highest BCUT2D eigenvalue weighted by Gasteiger charge is 2.06. The zero-order chi connectivity index (χ0) is 14.4. The van der Waals surface area contributed by atoms with Crippen LogP contribution in [0.3, 0.4) is 0 Å². The largest absolute Gasteiger partial charge is 0.330 e. The number of amides is 1. The van der Waals surface area contributed by atoms with Crippen LogP contribution in [0.25, 0.3) is 5.82 Å². The molecule has 2 aromatic rings. The van der Waals surface area contributed by atoms with Gasteiger partial charge in [0.1, 0.15) is 12.7 Å². The molecule has 7 heteroatoms. The summed E-state index contributed by atoms with van der Waals surface area (Å²) in [5.41, 5.74) is 6.18. The van der Waals surface area contributed by atoms with Crippen molar-refractivity contribution in [1.82, 2.24) is 19.7 Å². The topological polar surface area (TPSA) is 98.7 Å². The number of hydrogen-bond donors (Lipinski definition) is 2. The van der Waals surface area contributed by atoms with Gasteiger partial charge in [0.25, 0.3) is 0 Å². The van der Waals surface area contributed by atoms with Crippen molar-refractivity contribution < 1.29 is 4.79 Å². The zero-order valence-electron chi connectivity index (χ0n) is 11.4. The molecule has 0 spiro atoms. The Balaban J connectivity index is 1.89. The molecule has 1 unspecified atom stereocenters. The van der Waals surface area contributed by atoms with E-state index >= 15 is 0 Å². The van der Waals surface area contributed by atoms with Crippen LogP contribution in [0, 0.1) is 5.92 Å². The number of rotatable bonds is 6. The molecule has 0 radical (unpaired) electrons. The maximum Gasteiger partial charge on any atom is 0.224 e. The van der Waals surface area contributed by atoms with Gasteiger partial charge in [0, 0.05) is 6.42 Å². The third-order valence-electron chi connectivity index (χ3n) is 2.95. The van der Waals surface area contributed by atoms with Crippen LogP contribution in [0.5, 0.6) is 0 Å². The van der Waals surface area contributed by atoms with Crippen molar-refractivity contribution in [1.29, 1.82) is 0 Å². The first kappa shape index (κ1) is 14.1. The van der Waals surface area contributed by atoms with Crippen LogP contribution in [0.15, 0.2) is 31.0 Å². The lowest BCUT2D eigenvalue weighted by Crippen LogP contribution is -2.16. The molecule has 0 saturated heterocycles. The molecule has 20 heavy (non-hydrogen) atoms. The van der Waals surface area contributed by atoms with Gasteiger partial charge in [-0.15, -0.1) is 0 Å². The van der Waals surface area contributed by atoms with Gasteiger partial charge in [-0.3, -0.25) is 4.79 Å².